The molecule has 0 aliphatic rings. The van der Waals surface area contributed by atoms with E-state index in [1.165, 1.54) is 0 Å². The van der Waals surface area contributed by atoms with Crippen LogP contribution >= 0.6 is 0 Å². The van der Waals surface area contributed by atoms with Gasteiger partial charge in [0.1, 0.15) is 0 Å². The molecule has 0 amide bonds. The molecule has 34 heavy (non-hydrogen) atoms. The van der Waals surface area contributed by atoms with Gasteiger partial charge in [-0.15, -0.1) is 0 Å². The molecule has 0 atom stereocenters. The second-order valence-electron chi connectivity index (χ2n) is 5.99. The zero-order valence-corrected chi connectivity index (χ0v) is 26.0. The van der Waals surface area contributed by atoms with Gasteiger partial charge in [0.25, 0.3) is 0 Å². The molecule has 0 saturated carbocycles. The average Bonchev–Trinajstić information content (AvgIpc) is 3.16. The molecule has 0 heterocycles. The van der Waals surface area contributed by atoms with Crippen molar-refractivity contribution in [3.8, 4) is 0 Å². The standard InChI is InChI=1S/C8H4F9Ge.3C4H10N.Hf/c9-6(10,11)18(7(12,13)14,8(15,16)17)5-3-1-2-4-5;3*1-3-5-4-2;/h1-4H;3*3-4H2,1-2H3;/q4*-1;+4. The molecule has 3 nitrogen and oxygen atoms in total. The van der Waals surface area contributed by atoms with Gasteiger partial charge in [-0.1, -0.05) is 41.5 Å². The van der Waals surface area contributed by atoms with Gasteiger partial charge in [0.15, 0.2) is 0 Å². The fourth-order valence-electron chi connectivity index (χ4n) is 2.27. The molecule has 1 rings (SSSR count). The molecule has 0 aliphatic heterocycles. The largest absolute Gasteiger partial charge is 4.00 e. The van der Waals surface area contributed by atoms with E-state index in [1.54, 1.807) is 0 Å². The maximum Gasteiger partial charge on any atom is 4.00 e. The van der Waals surface area contributed by atoms with E-state index < -0.39 is 32.7 Å². The van der Waals surface area contributed by atoms with Crippen molar-refractivity contribution in [1.29, 1.82) is 0 Å². The van der Waals surface area contributed by atoms with Gasteiger partial charge in [-0.3, -0.25) is 0 Å². The van der Waals surface area contributed by atoms with Crippen LogP contribution in [-0.2, 0) is 25.8 Å². The molecule has 0 N–H and O–H groups in total. The summed E-state index contributed by atoms with van der Waals surface area (Å²) in [6, 6.07) is 1.90. The second kappa shape index (κ2) is 21.1. The Morgan fingerprint density at radius 3 is 0.853 bits per heavy atom. The Morgan fingerprint density at radius 2 is 0.735 bits per heavy atom. The number of alkyl halides is 9. The van der Waals surface area contributed by atoms with E-state index in [9.17, 15) is 39.5 Å². The van der Waals surface area contributed by atoms with Crippen molar-refractivity contribution in [1.82, 2.24) is 0 Å². The van der Waals surface area contributed by atoms with E-state index in [1.807, 2.05) is 41.5 Å². The molecular weight excluding hydrogens is 704 g/mol. The summed E-state index contributed by atoms with van der Waals surface area (Å²) in [6.45, 7) is 18.1. The molecule has 0 fully saturated rings. The van der Waals surface area contributed by atoms with E-state index in [4.69, 9.17) is 0 Å². The molecule has 200 valence electrons. The van der Waals surface area contributed by atoms with Crippen molar-refractivity contribution in [3.05, 3.63) is 40.2 Å². The van der Waals surface area contributed by atoms with E-state index in [0.717, 1.165) is 51.4 Å². The SMILES string of the molecule is CC[N-]CC.CC[N-]CC.CC[N-]CC.F[C](F)(F)[Ge]([c-]1cccc1)([C](F)(F)F)[C](F)(F)F.[Hf+4]. The number of hydrogen-bond acceptors (Lipinski definition) is 0. The molecular formula is C20H34F9GeHfN3. The monoisotopic (exact) mass is 741 g/mol. The Kier molecular flexibility index (Phi) is 25.6. The number of hydrogen-bond donors (Lipinski definition) is 0. The van der Waals surface area contributed by atoms with Crippen LogP contribution in [-0.4, -0.2) is 67.6 Å². The van der Waals surface area contributed by atoms with E-state index in [-0.39, 0.29) is 38.0 Å². The first-order chi connectivity index (χ1) is 15.1. The zero-order valence-electron chi connectivity index (χ0n) is 20.3. The van der Waals surface area contributed by atoms with E-state index in [0.29, 0.717) is 0 Å². The number of nitrogens with zero attached hydrogens (tertiary/aromatic N) is 3. The summed E-state index contributed by atoms with van der Waals surface area (Å²) < 4.78 is 111. The van der Waals surface area contributed by atoms with Crippen LogP contribution in [0.25, 0.3) is 16.0 Å². The molecule has 1 aromatic carbocycles. The zero-order chi connectivity index (χ0) is 26.8. The summed E-state index contributed by atoms with van der Waals surface area (Å²) in [5.74, 6) is 0. The summed E-state index contributed by atoms with van der Waals surface area (Å²) >= 11 is -8.38. The van der Waals surface area contributed by atoms with Gasteiger partial charge in [-0.2, -0.15) is 39.3 Å². The van der Waals surface area contributed by atoms with Gasteiger partial charge in [-0.25, -0.2) is 0 Å². The van der Waals surface area contributed by atoms with Crippen LogP contribution in [0.3, 0.4) is 0 Å². The van der Waals surface area contributed by atoms with Gasteiger partial charge in [0, 0.05) is 0 Å². The van der Waals surface area contributed by atoms with E-state index >= 15 is 0 Å². The minimum absolute atomic E-state index is 0. The fraction of sp³-hybridized carbons (Fsp3) is 0.750. The van der Waals surface area contributed by atoms with Gasteiger partial charge in [-0.05, 0) is 0 Å². The summed E-state index contributed by atoms with van der Waals surface area (Å²) in [4.78, 5) is 0. The minimum Gasteiger partial charge on any atom is 4.00 e. The van der Waals surface area contributed by atoms with Crippen molar-refractivity contribution in [2.75, 3.05) is 39.3 Å². The average molecular weight is 739 g/mol. The van der Waals surface area contributed by atoms with Crippen molar-refractivity contribution >= 4 is 17.7 Å². The Balaban J connectivity index is -0.000000231. The Bertz CT molecular complexity index is 493. The van der Waals surface area contributed by atoms with Crippen LogP contribution in [0.15, 0.2) is 24.3 Å². The van der Waals surface area contributed by atoms with Crippen molar-refractivity contribution in [2.45, 2.75) is 56.6 Å². The van der Waals surface area contributed by atoms with Crippen molar-refractivity contribution in [3.63, 3.8) is 0 Å². The van der Waals surface area contributed by atoms with Crippen LogP contribution < -0.4 is 4.40 Å². The van der Waals surface area contributed by atoms with Crippen molar-refractivity contribution in [2.24, 2.45) is 0 Å². The summed E-state index contributed by atoms with van der Waals surface area (Å²) in [5.41, 5.74) is 0. The van der Waals surface area contributed by atoms with Crippen LogP contribution in [0.2, 0.25) is 0 Å². The predicted octanol–water partition coefficient (Wildman–Crippen LogP) is 7.56. The molecule has 0 bridgehead atoms. The number of rotatable bonds is 7. The van der Waals surface area contributed by atoms with Gasteiger partial charge < -0.3 is 16.0 Å². The Labute approximate surface area is 218 Å². The van der Waals surface area contributed by atoms with Gasteiger partial charge in [0.2, 0.25) is 0 Å². The van der Waals surface area contributed by atoms with Crippen LogP contribution in [0.5, 0.6) is 0 Å². The third-order valence-electron chi connectivity index (χ3n) is 3.71. The smallest absolute Gasteiger partial charge is 4.00 e. The van der Waals surface area contributed by atoms with Crippen LogP contribution in [0.1, 0.15) is 41.5 Å². The van der Waals surface area contributed by atoms with Gasteiger partial charge in [0.05, 0.1) is 0 Å². The molecule has 0 saturated heterocycles. The first-order valence-electron chi connectivity index (χ1n) is 10.4. The summed E-state index contributed by atoms with van der Waals surface area (Å²) in [7, 11) is 0. The summed E-state index contributed by atoms with van der Waals surface area (Å²) in [6.07, 6.45) is 0. The van der Waals surface area contributed by atoms with Crippen LogP contribution in [0, 0.1) is 0 Å². The molecule has 14 heteroatoms. The third-order valence-corrected chi connectivity index (χ3v) is 11.6. The third kappa shape index (κ3) is 14.5. The second-order valence-corrected chi connectivity index (χ2v) is 13.9. The van der Waals surface area contributed by atoms with Crippen LogP contribution in [0.4, 0.5) is 39.5 Å². The molecule has 0 unspecified atom stereocenters. The quantitative estimate of drug-likeness (QED) is 0.158. The maximum absolute atomic E-state index is 12.6. The number of halogens is 9. The Morgan fingerprint density at radius 1 is 0.529 bits per heavy atom. The van der Waals surface area contributed by atoms with Gasteiger partial charge >= 0.3 is 122 Å². The first kappa shape index (κ1) is 41.2. The van der Waals surface area contributed by atoms with Crippen molar-refractivity contribution < 1.29 is 65.4 Å². The fourth-order valence-corrected chi connectivity index (χ4v) is 7.80. The first-order valence-corrected chi connectivity index (χ1v) is 14.6. The normalized spacial score (nSPS) is 11.6. The minimum atomic E-state index is -8.38. The molecule has 0 radical (unpaired) electrons. The molecule has 0 spiro atoms. The molecule has 0 aromatic heterocycles. The molecule has 1 aromatic rings. The maximum atomic E-state index is 12.6. The van der Waals surface area contributed by atoms with E-state index in [2.05, 4.69) is 16.0 Å². The topological polar surface area (TPSA) is 42.3 Å². The Hall–Kier alpha value is 0.0130. The molecule has 0 aliphatic carbocycles. The predicted molar refractivity (Wildman–Crippen MR) is 119 cm³/mol. The summed E-state index contributed by atoms with van der Waals surface area (Å²) in [5, 5.41) is -7.15.